The molecule has 0 aliphatic heterocycles. The van der Waals surface area contributed by atoms with E-state index < -0.39 is 11.9 Å². The second-order valence-electron chi connectivity index (χ2n) is 8.36. The van der Waals surface area contributed by atoms with Crippen molar-refractivity contribution in [2.45, 2.75) is 38.5 Å². The number of hydrogen-bond donors (Lipinski definition) is 1. The highest BCUT2D eigenvalue weighted by molar-refractivity contribution is 7.14. The van der Waals surface area contributed by atoms with E-state index in [1.807, 2.05) is 29.6 Å². The predicted molar refractivity (Wildman–Crippen MR) is 115 cm³/mol. The first-order valence-electron chi connectivity index (χ1n) is 10.1. The van der Waals surface area contributed by atoms with E-state index in [0.29, 0.717) is 28.4 Å². The molecule has 2 bridgehead atoms. The lowest BCUT2D eigenvalue weighted by molar-refractivity contribution is -0.141. The number of carbonyl (C=O) groups excluding carboxylic acids is 1. The molecule has 1 aromatic carbocycles. The number of halogens is 1. The highest BCUT2D eigenvalue weighted by Crippen LogP contribution is 2.50. The molecular weight excluding hydrogens is 408 g/mol. The third kappa shape index (κ3) is 4.33. The van der Waals surface area contributed by atoms with Gasteiger partial charge in [0.1, 0.15) is 0 Å². The fourth-order valence-corrected chi connectivity index (χ4v) is 6.12. The molecule has 1 N–H and O–H groups in total. The normalized spacial score (nSPS) is 23.9. The van der Waals surface area contributed by atoms with Gasteiger partial charge in [-0.05, 0) is 49.5 Å². The van der Waals surface area contributed by atoms with Gasteiger partial charge >= 0.3 is 5.97 Å². The van der Waals surface area contributed by atoms with Gasteiger partial charge in [-0.25, -0.2) is 4.98 Å². The molecular formula is C22H25ClN2O3S. The zero-order chi connectivity index (χ0) is 20.5. The number of thiazole rings is 1. The SMILES string of the molecule is CN(C(=O)C(CC(=O)O)CC1CC2CCC1C2)c1nc(-c2ccccc2Cl)cs1. The maximum atomic E-state index is 13.2. The fraction of sp³-hybridized carbons (Fsp3) is 0.500. The molecule has 1 aromatic heterocycles. The summed E-state index contributed by atoms with van der Waals surface area (Å²) in [5.74, 6) is 0.340. The third-order valence-electron chi connectivity index (χ3n) is 6.50. The summed E-state index contributed by atoms with van der Waals surface area (Å²) in [6.07, 6.45) is 5.46. The zero-order valence-electron chi connectivity index (χ0n) is 16.4. The van der Waals surface area contributed by atoms with Crippen LogP contribution >= 0.6 is 22.9 Å². The topological polar surface area (TPSA) is 70.5 Å². The molecule has 1 heterocycles. The highest BCUT2D eigenvalue weighted by atomic mass is 35.5. The summed E-state index contributed by atoms with van der Waals surface area (Å²) in [5.41, 5.74) is 1.54. The molecule has 7 heteroatoms. The molecule has 29 heavy (non-hydrogen) atoms. The summed E-state index contributed by atoms with van der Waals surface area (Å²) in [5, 5.41) is 12.4. The van der Waals surface area contributed by atoms with E-state index >= 15 is 0 Å². The van der Waals surface area contributed by atoms with Crippen molar-refractivity contribution in [2.75, 3.05) is 11.9 Å². The van der Waals surface area contributed by atoms with E-state index in [0.717, 1.165) is 23.6 Å². The Balaban J connectivity index is 1.50. The minimum Gasteiger partial charge on any atom is -0.481 e. The number of hydrogen-bond acceptors (Lipinski definition) is 4. The van der Waals surface area contributed by atoms with Gasteiger partial charge in [0, 0.05) is 28.9 Å². The summed E-state index contributed by atoms with van der Waals surface area (Å²) < 4.78 is 0. The molecule has 2 saturated carbocycles. The van der Waals surface area contributed by atoms with Gasteiger partial charge < -0.3 is 5.11 Å². The summed E-state index contributed by atoms with van der Waals surface area (Å²) in [6.45, 7) is 0. The summed E-state index contributed by atoms with van der Waals surface area (Å²) >= 11 is 7.63. The second-order valence-corrected chi connectivity index (χ2v) is 9.60. The lowest BCUT2D eigenvalue weighted by Gasteiger charge is -2.27. The van der Waals surface area contributed by atoms with Crippen molar-refractivity contribution in [3.8, 4) is 11.3 Å². The largest absolute Gasteiger partial charge is 0.481 e. The van der Waals surface area contributed by atoms with Gasteiger partial charge in [0.05, 0.1) is 12.1 Å². The fourth-order valence-electron chi connectivity index (χ4n) is 5.09. The minimum absolute atomic E-state index is 0.125. The number of benzene rings is 1. The van der Waals surface area contributed by atoms with Gasteiger partial charge in [0.25, 0.3) is 0 Å². The zero-order valence-corrected chi connectivity index (χ0v) is 18.0. The van der Waals surface area contributed by atoms with Crippen molar-refractivity contribution >= 4 is 39.9 Å². The van der Waals surface area contributed by atoms with E-state index in [2.05, 4.69) is 4.98 Å². The predicted octanol–water partition coefficient (Wildman–Crippen LogP) is 5.34. The smallest absolute Gasteiger partial charge is 0.304 e. The van der Waals surface area contributed by atoms with Crippen LogP contribution in [0.3, 0.4) is 0 Å². The van der Waals surface area contributed by atoms with Crippen LogP contribution in [0.4, 0.5) is 5.13 Å². The van der Waals surface area contributed by atoms with Crippen molar-refractivity contribution in [2.24, 2.45) is 23.7 Å². The molecule has 154 valence electrons. The van der Waals surface area contributed by atoms with Gasteiger partial charge in [0.15, 0.2) is 5.13 Å². The third-order valence-corrected chi connectivity index (χ3v) is 7.75. The second kappa shape index (κ2) is 8.44. The van der Waals surface area contributed by atoms with Crippen LogP contribution in [-0.4, -0.2) is 29.0 Å². The van der Waals surface area contributed by atoms with Gasteiger partial charge in [-0.3, -0.25) is 14.5 Å². The van der Waals surface area contributed by atoms with Gasteiger partial charge in [-0.2, -0.15) is 0 Å². The average Bonchev–Trinajstić information content (AvgIpc) is 3.43. The van der Waals surface area contributed by atoms with E-state index in [-0.39, 0.29) is 12.3 Å². The first-order chi connectivity index (χ1) is 13.9. The number of amides is 1. The molecule has 2 fully saturated rings. The Hall–Kier alpha value is -1.92. The van der Waals surface area contributed by atoms with Crippen LogP contribution in [0.15, 0.2) is 29.6 Å². The van der Waals surface area contributed by atoms with Crippen LogP contribution in [0.2, 0.25) is 5.02 Å². The number of rotatable bonds is 7. The Morgan fingerprint density at radius 3 is 2.76 bits per heavy atom. The molecule has 1 amide bonds. The first-order valence-corrected chi connectivity index (χ1v) is 11.4. The molecule has 5 nitrogen and oxygen atoms in total. The first kappa shape index (κ1) is 20.4. The molecule has 4 unspecified atom stereocenters. The van der Waals surface area contributed by atoms with E-state index in [1.165, 1.54) is 35.5 Å². The number of aliphatic carboxylic acids is 1. The maximum Gasteiger partial charge on any atom is 0.304 e. The van der Waals surface area contributed by atoms with Gasteiger partial charge in [-0.1, -0.05) is 36.2 Å². The monoisotopic (exact) mass is 432 g/mol. The molecule has 2 aliphatic carbocycles. The van der Waals surface area contributed by atoms with Crippen LogP contribution in [0, 0.1) is 23.7 Å². The van der Waals surface area contributed by atoms with Crippen LogP contribution in [0.5, 0.6) is 0 Å². The van der Waals surface area contributed by atoms with Crippen molar-refractivity contribution in [3.63, 3.8) is 0 Å². The molecule has 0 radical (unpaired) electrons. The lowest BCUT2D eigenvalue weighted by atomic mass is 9.81. The number of carboxylic acid groups (broad SMARTS) is 1. The summed E-state index contributed by atoms with van der Waals surface area (Å²) in [6, 6.07) is 7.46. The minimum atomic E-state index is -0.921. The quantitative estimate of drug-likeness (QED) is 0.640. The highest BCUT2D eigenvalue weighted by Gasteiger charge is 2.41. The molecule has 2 aliphatic rings. The molecule has 0 saturated heterocycles. The number of anilines is 1. The number of carbonyl (C=O) groups is 2. The van der Waals surface area contributed by atoms with Crippen LogP contribution < -0.4 is 4.90 Å². The number of aromatic nitrogens is 1. The summed E-state index contributed by atoms with van der Waals surface area (Å²) in [4.78, 5) is 30.7. The Morgan fingerprint density at radius 1 is 1.31 bits per heavy atom. The van der Waals surface area contributed by atoms with Gasteiger partial charge in [-0.15, -0.1) is 11.3 Å². The maximum absolute atomic E-state index is 13.2. The Kier molecular flexibility index (Phi) is 5.93. The van der Waals surface area contributed by atoms with Gasteiger partial charge in [0.2, 0.25) is 5.91 Å². The Morgan fingerprint density at radius 2 is 2.10 bits per heavy atom. The average molecular weight is 433 g/mol. The standard InChI is InChI=1S/C22H25ClN2O3S/c1-25(22-24-19(12-29-22)17-4-2-3-5-18(17)23)21(28)16(11-20(26)27)10-15-9-13-6-7-14(15)8-13/h2-5,12-16H,6-11H2,1H3,(H,26,27). The van der Waals surface area contributed by atoms with Crippen LogP contribution in [-0.2, 0) is 9.59 Å². The number of carboxylic acids is 1. The molecule has 2 aromatic rings. The van der Waals surface area contributed by atoms with Crippen molar-refractivity contribution < 1.29 is 14.7 Å². The lowest BCUT2D eigenvalue weighted by Crippen LogP contribution is -2.35. The van der Waals surface area contributed by atoms with E-state index in [1.54, 1.807) is 7.05 Å². The molecule has 4 rings (SSSR count). The molecule has 0 spiro atoms. The van der Waals surface area contributed by atoms with Crippen molar-refractivity contribution in [1.82, 2.24) is 4.98 Å². The molecule has 4 atom stereocenters. The Labute approximate surface area is 179 Å². The van der Waals surface area contributed by atoms with Crippen LogP contribution in [0.1, 0.15) is 38.5 Å². The number of fused-ring (bicyclic) bond motifs is 2. The van der Waals surface area contributed by atoms with Crippen molar-refractivity contribution in [1.29, 1.82) is 0 Å². The number of nitrogens with zero attached hydrogens (tertiary/aromatic N) is 2. The van der Waals surface area contributed by atoms with E-state index in [4.69, 9.17) is 11.6 Å². The van der Waals surface area contributed by atoms with Crippen molar-refractivity contribution in [3.05, 3.63) is 34.7 Å². The summed E-state index contributed by atoms with van der Waals surface area (Å²) in [7, 11) is 1.69. The van der Waals surface area contributed by atoms with Crippen LogP contribution in [0.25, 0.3) is 11.3 Å². The Bertz CT molecular complexity index is 915. The van der Waals surface area contributed by atoms with E-state index in [9.17, 15) is 14.7 Å².